The molecule has 0 spiro atoms. The molecule has 0 atom stereocenters. The molecule has 1 aliphatic heterocycles. The smallest absolute Gasteiger partial charge is 0.262 e. The third-order valence-electron chi connectivity index (χ3n) is 4.39. The molecule has 1 heterocycles. The number of nitrogens with one attached hydrogen (secondary N) is 3. The van der Waals surface area contributed by atoms with Crippen molar-refractivity contribution in [3.05, 3.63) is 58.1 Å². The highest BCUT2D eigenvalue weighted by Crippen LogP contribution is 2.28. The average Bonchev–Trinajstić information content (AvgIpc) is 2.67. The predicted octanol–water partition coefficient (Wildman–Crippen LogP) is 2.10. The van der Waals surface area contributed by atoms with E-state index in [0.717, 1.165) is 17.5 Å². The number of amides is 1. The van der Waals surface area contributed by atoms with Crippen LogP contribution in [0, 0.1) is 0 Å². The van der Waals surface area contributed by atoms with Crippen molar-refractivity contribution in [3.63, 3.8) is 0 Å². The summed E-state index contributed by atoms with van der Waals surface area (Å²) in [6.07, 6.45) is 1.81. The number of hydrogen-bond donors (Lipinski definition) is 3. The highest BCUT2D eigenvalue weighted by atomic mass is 35.5. The van der Waals surface area contributed by atoms with Crippen molar-refractivity contribution in [2.45, 2.75) is 24.3 Å². The van der Waals surface area contributed by atoms with Crippen LogP contribution in [0.2, 0.25) is 5.02 Å². The minimum Gasteiger partial charge on any atom is -0.326 e. The number of aliphatic imine (C=N–C) groups is 1. The number of anilines is 1. The molecule has 3 N–H and O–H groups in total. The fourth-order valence-electron chi connectivity index (χ4n) is 3.10. The van der Waals surface area contributed by atoms with Gasteiger partial charge in [0.05, 0.1) is 17.7 Å². The van der Waals surface area contributed by atoms with Crippen molar-refractivity contribution in [3.8, 4) is 0 Å². The van der Waals surface area contributed by atoms with Gasteiger partial charge in [-0.25, -0.2) is 8.42 Å². The summed E-state index contributed by atoms with van der Waals surface area (Å²) in [4.78, 5) is 16.3. The van der Waals surface area contributed by atoms with Gasteiger partial charge in [-0.05, 0) is 47.9 Å². The van der Waals surface area contributed by atoms with E-state index in [-0.39, 0.29) is 17.2 Å². The van der Waals surface area contributed by atoms with Crippen molar-refractivity contribution in [2.24, 2.45) is 4.99 Å². The topological polar surface area (TPSA) is 99.7 Å². The lowest BCUT2D eigenvalue weighted by atomic mass is 10.00. The van der Waals surface area contributed by atoms with E-state index in [9.17, 15) is 13.2 Å². The van der Waals surface area contributed by atoms with Gasteiger partial charge in [-0.1, -0.05) is 29.8 Å². The van der Waals surface area contributed by atoms with E-state index in [0.29, 0.717) is 35.8 Å². The standard InChI is InChI=1S/C19H21ClN4O3S/c1-21-12-23-28(26,27)18-10-15(8-14-11-22-7-6-16(14)18)24-19(25)9-13-4-2-3-5-17(13)20/h2-5,8,10,12,22H,6-7,9,11H2,1H3,(H,21,23)(H,24,25). The number of halogens is 1. The maximum Gasteiger partial charge on any atom is 0.262 e. The first-order chi connectivity index (χ1) is 13.4. The maximum absolute atomic E-state index is 12.7. The minimum absolute atomic E-state index is 0.0951. The van der Waals surface area contributed by atoms with Crippen molar-refractivity contribution in [1.29, 1.82) is 0 Å². The summed E-state index contributed by atoms with van der Waals surface area (Å²) in [6, 6.07) is 10.4. The zero-order chi connectivity index (χ0) is 20.1. The molecule has 0 unspecified atom stereocenters. The lowest BCUT2D eigenvalue weighted by molar-refractivity contribution is -0.115. The third-order valence-corrected chi connectivity index (χ3v) is 6.12. The minimum atomic E-state index is -3.79. The molecule has 1 amide bonds. The molecule has 0 saturated carbocycles. The van der Waals surface area contributed by atoms with Crippen LogP contribution in [0.15, 0.2) is 46.3 Å². The number of fused-ring (bicyclic) bond motifs is 1. The molecule has 2 aromatic rings. The Morgan fingerprint density at radius 2 is 2.11 bits per heavy atom. The van der Waals surface area contributed by atoms with Gasteiger partial charge < -0.3 is 10.6 Å². The summed E-state index contributed by atoms with van der Waals surface area (Å²) < 4.78 is 27.7. The molecule has 28 heavy (non-hydrogen) atoms. The summed E-state index contributed by atoms with van der Waals surface area (Å²) in [5, 5.41) is 6.52. The second-order valence-corrected chi connectivity index (χ2v) is 8.45. The molecular formula is C19H21ClN4O3S. The Hall–Kier alpha value is -2.42. The van der Waals surface area contributed by atoms with Crippen LogP contribution in [-0.4, -0.2) is 34.3 Å². The van der Waals surface area contributed by atoms with Crippen LogP contribution in [0.4, 0.5) is 5.69 Å². The lowest BCUT2D eigenvalue weighted by Crippen LogP contribution is -2.29. The van der Waals surface area contributed by atoms with Crippen LogP contribution in [0.5, 0.6) is 0 Å². The van der Waals surface area contributed by atoms with Crippen LogP contribution in [0.1, 0.15) is 16.7 Å². The Morgan fingerprint density at radius 3 is 2.86 bits per heavy atom. The Bertz CT molecular complexity index is 1020. The molecule has 0 saturated heterocycles. The maximum atomic E-state index is 12.7. The van der Waals surface area contributed by atoms with E-state index in [1.807, 2.05) is 6.07 Å². The monoisotopic (exact) mass is 420 g/mol. The lowest BCUT2D eigenvalue weighted by Gasteiger charge is -2.22. The van der Waals surface area contributed by atoms with Crippen LogP contribution in [0.3, 0.4) is 0 Å². The van der Waals surface area contributed by atoms with Gasteiger partial charge in [-0.3, -0.25) is 14.5 Å². The van der Waals surface area contributed by atoms with E-state index >= 15 is 0 Å². The molecule has 2 aromatic carbocycles. The van der Waals surface area contributed by atoms with Gasteiger partial charge in [0.15, 0.2) is 0 Å². The molecule has 0 aromatic heterocycles. The summed E-state index contributed by atoms with van der Waals surface area (Å²) in [6.45, 7) is 1.23. The second-order valence-electron chi connectivity index (χ2n) is 6.36. The predicted molar refractivity (Wildman–Crippen MR) is 110 cm³/mol. The van der Waals surface area contributed by atoms with Gasteiger partial charge in [0.1, 0.15) is 0 Å². The van der Waals surface area contributed by atoms with E-state index in [4.69, 9.17) is 11.6 Å². The Morgan fingerprint density at radius 1 is 1.32 bits per heavy atom. The third kappa shape index (κ3) is 4.70. The molecule has 0 fully saturated rings. The fourth-order valence-corrected chi connectivity index (χ4v) is 4.51. The molecule has 0 radical (unpaired) electrons. The zero-order valence-corrected chi connectivity index (χ0v) is 16.9. The van der Waals surface area contributed by atoms with E-state index in [1.165, 1.54) is 13.1 Å². The first-order valence-corrected chi connectivity index (χ1v) is 10.6. The Kier molecular flexibility index (Phi) is 6.33. The molecular weight excluding hydrogens is 400 g/mol. The highest BCUT2D eigenvalue weighted by molar-refractivity contribution is 7.90. The first kappa shape index (κ1) is 20.3. The van der Waals surface area contributed by atoms with Gasteiger partial charge in [0.25, 0.3) is 10.0 Å². The number of hydrogen-bond acceptors (Lipinski definition) is 5. The molecule has 7 nitrogen and oxygen atoms in total. The van der Waals surface area contributed by atoms with Crippen LogP contribution < -0.4 is 15.4 Å². The van der Waals surface area contributed by atoms with Crippen LogP contribution in [-0.2, 0) is 34.2 Å². The number of benzene rings is 2. The summed E-state index contributed by atoms with van der Waals surface area (Å²) >= 11 is 6.11. The van der Waals surface area contributed by atoms with Gasteiger partial charge in [0, 0.05) is 24.3 Å². The van der Waals surface area contributed by atoms with Crippen molar-refractivity contribution in [1.82, 2.24) is 10.0 Å². The average molecular weight is 421 g/mol. The quantitative estimate of drug-likeness (QED) is 0.492. The van der Waals surface area contributed by atoms with Crippen LogP contribution >= 0.6 is 11.6 Å². The van der Waals surface area contributed by atoms with Gasteiger partial charge in [-0.2, -0.15) is 0 Å². The normalized spacial score (nSPS) is 13.9. The van der Waals surface area contributed by atoms with Gasteiger partial charge in [-0.15, -0.1) is 0 Å². The van der Waals surface area contributed by atoms with Crippen molar-refractivity contribution >= 4 is 39.6 Å². The van der Waals surface area contributed by atoms with Crippen LogP contribution in [0.25, 0.3) is 0 Å². The largest absolute Gasteiger partial charge is 0.326 e. The zero-order valence-electron chi connectivity index (χ0n) is 15.3. The number of rotatable bonds is 6. The van der Waals surface area contributed by atoms with E-state index in [1.54, 1.807) is 24.3 Å². The molecule has 0 aliphatic carbocycles. The first-order valence-electron chi connectivity index (χ1n) is 8.73. The van der Waals surface area contributed by atoms with Gasteiger partial charge in [0.2, 0.25) is 5.91 Å². The second kappa shape index (κ2) is 8.72. The molecule has 148 valence electrons. The van der Waals surface area contributed by atoms with E-state index in [2.05, 4.69) is 20.3 Å². The molecule has 9 heteroatoms. The number of nitrogens with zero attached hydrogens (tertiary/aromatic N) is 1. The molecule has 3 rings (SSSR count). The summed E-state index contributed by atoms with van der Waals surface area (Å²) in [7, 11) is -2.31. The Balaban J connectivity index is 1.90. The van der Waals surface area contributed by atoms with Crippen molar-refractivity contribution < 1.29 is 13.2 Å². The number of carbonyl (C=O) groups is 1. The molecule has 1 aliphatic rings. The highest BCUT2D eigenvalue weighted by Gasteiger charge is 2.23. The summed E-state index contributed by atoms with van der Waals surface area (Å²) in [5.74, 6) is -0.275. The summed E-state index contributed by atoms with van der Waals surface area (Å²) in [5.41, 5.74) is 2.72. The fraction of sp³-hybridized carbons (Fsp3) is 0.263. The van der Waals surface area contributed by atoms with Gasteiger partial charge >= 0.3 is 0 Å². The number of carbonyl (C=O) groups excluding carboxylic acids is 1. The van der Waals surface area contributed by atoms with Crippen molar-refractivity contribution in [2.75, 3.05) is 18.9 Å². The Labute approximate surface area is 169 Å². The SMILES string of the molecule is CN=CNS(=O)(=O)c1cc(NC(=O)Cc2ccccc2Cl)cc2c1CCNC2. The molecule has 0 bridgehead atoms. The van der Waals surface area contributed by atoms with E-state index < -0.39 is 10.0 Å². The number of sulfonamides is 1.